The summed E-state index contributed by atoms with van der Waals surface area (Å²) < 4.78 is 29.0. The number of carbonyl (C=O) groups excluding carboxylic acids is 5. The molecule has 5 atom stereocenters. The minimum Gasteiger partial charge on any atom is -0.462 e. The molecule has 1 N–H and O–H groups in total. The number of nitrogens with one attached hydrogen (secondary N) is 1. The van der Waals surface area contributed by atoms with Crippen molar-refractivity contribution in [3.05, 3.63) is 0 Å². The summed E-state index contributed by atoms with van der Waals surface area (Å²) in [6.07, 6.45) is -6.63. The molecule has 0 saturated carbocycles. The van der Waals surface area contributed by atoms with Gasteiger partial charge in [0.15, 0.2) is 24.5 Å². The number of rotatable bonds is 6. The third-order valence-corrected chi connectivity index (χ3v) is 5.54. The minimum atomic E-state index is -1.40. The molecule has 1 aliphatic rings. The van der Waals surface area contributed by atoms with Crippen LogP contribution in [0.1, 0.15) is 90.0 Å². The second kappa shape index (κ2) is 12.2. The fourth-order valence-electron chi connectivity index (χ4n) is 3.05. The standard InChI is InChI=1S/C28H47NO10/c1-15(30)29-20-19(39-24(34)28(11,12)13)18(38-23(33)27(8,9)10)17(37-22(32)26(5,6)7)16(36-20)14-35-21(31)25(2,3)4/h16-20H,14H2,1-13H3,(H,29,30). The van der Waals surface area contributed by atoms with Crippen molar-refractivity contribution in [1.82, 2.24) is 5.32 Å². The molecule has 224 valence electrons. The molecule has 5 unspecified atom stereocenters. The third-order valence-electron chi connectivity index (χ3n) is 5.54. The molecular formula is C28H47NO10. The van der Waals surface area contributed by atoms with E-state index in [-0.39, 0.29) is 0 Å². The van der Waals surface area contributed by atoms with E-state index in [2.05, 4.69) is 5.32 Å². The normalized spacial score (nSPS) is 24.3. The quantitative estimate of drug-likeness (QED) is 0.381. The number of hydrogen-bond donors (Lipinski definition) is 1. The van der Waals surface area contributed by atoms with Crippen LogP contribution in [0.5, 0.6) is 0 Å². The van der Waals surface area contributed by atoms with E-state index in [0.29, 0.717) is 0 Å². The van der Waals surface area contributed by atoms with E-state index in [1.165, 1.54) is 6.92 Å². The van der Waals surface area contributed by atoms with Gasteiger partial charge < -0.3 is 29.0 Å². The average molecular weight is 558 g/mol. The maximum Gasteiger partial charge on any atom is 0.311 e. The molecule has 0 spiro atoms. The van der Waals surface area contributed by atoms with Crippen molar-refractivity contribution in [2.24, 2.45) is 21.7 Å². The third kappa shape index (κ3) is 10.1. The number of esters is 4. The molecule has 1 fully saturated rings. The zero-order valence-corrected chi connectivity index (χ0v) is 25.7. The summed E-state index contributed by atoms with van der Waals surface area (Å²) in [6, 6.07) is 0. The van der Waals surface area contributed by atoms with Gasteiger partial charge in [0, 0.05) is 6.92 Å². The van der Waals surface area contributed by atoms with Crippen LogP contribution in [0, 0.1) is 21.7 Å². The predicted octanol–water partition coefficient (Wildman–Crippen LogP) is 3.31. The van der Waals surface area contributed by atoms with Gasteiger partial charge >= 0.3 is 23.9 Å². The van der Waals surface area contributed by atoms with E-state index < -0.39 is 88.7 Å². The van der Waals surface area contributed by atoms with Gasteiger partial charge in [-0.05, 0) is 83.1 Å². The lowest BCUT2D eigenvalue weighted by Crippen LogP contribution is -2.67. The van der Waals surface area contributed by atoms with Crippen LogP contribution in [0.4, 0.5) is 0 Å². The highest BCUT2D eigenvalue weighted by Crippen LogP contribution is 2.33. The smallest absolute Gasteiger partial charge is 0.311 e. The van der Waals surface area contributed by atoms with Gasteiger partial charge in [0.1, 0.15) is 12.7 Å². The molecule has 1 heterocycles. The van der Waals surface area contributed by atoms with Crippen molar-refractivity contribution in [2.75, 3.05) is 6.61 Å². The summed E-state index contributed by atoms with van der Waals surface area (Å²) in [5, 5.41) is 2.57. The van der Waals surface area contributed by atoms with Crippen molar-refractivity contribution in [1.29, 1.82) is 0 Å². The second-order valence-electron chi connectivity index (χ2n) is 14.0. The Kier molecular flexibility index (Phi) is 10.8. The number of ether oxygens (including phenoxy) is 5. The maximum atomic E-state index is 13.1. The Balaban J connectivity index is 3.70. The molecule has 1 amide bonds. The van der Waals surface area contributed by atoms with E-state index in [4.69, 9.17) is 23.7 Å². The topological polar surface area (TPSA) is 144 Å². The second-order valence-corrected chi connectivity index (χ2v) is 14.0. The van der Waals surface area contributed by atoms with Crippen LogP contribution in [0.3, 0.4) is 0 Å². The van der Waals surface area contributed by atoms with E-state index in [0.717, 1.165) is 0 Å². The highest BCUT2D eigenvalue weighted by Gasteiger charge is 2.54. The summed E-state index contributed by atoms with van der Waals surface area (Å²) in [4.78, 5) is 63.8. The molecule has 1 aliphatic heterocycles. The Morgan fingerprint density at radius 1 is 0.590 bits per heavy atom. The first-order valence-corrected chi connectivity index (χ1v) is 13.1. The van der Waals surface area contributed by atoms with E-state index >= 15 is 0 Å². The van der Waals surface area contributed by atoms with Crippen LogP contribution >= 0.6 is 0 Å². The Morgan fingerprint density at radius 2 is 0.949 bits per heavy atom. The van der Waals surface area contributed by atoms with Gasteiger partial charge in [-0.3, -0.25) is 24.0 Å². The zero-order valence-electron chi connectivity index (χ0n) is 25.7. The van der Waals surface area contributed by atoms with Gasteiger partial charge in [-0.2, -0.15) is 0 Å². The summed E-state index contributed by atoms with van der Waals surface area (Å²) in [5.41, 5.74) is -3.74. The molecule has 11 heteroatoms. The van der Waals surface area contributed by atoms with Gasteiger partial charge in [-0.25, -0.2) is 0 Å². The van der Waals surface area contributed by atoms with Crippen molar-refractivity contribution in [2.45, 2.75) is 121 Å². The van der Waals surface area contributed by atoms with Crippen LogP contribution < -0.4 is 5.32 Å². The highest BCUT2D eigenvalue weighted by atomic mass is 16.7. The van der Waals surface area contributed by atoms with E-state index in [9.17, 15) is 24.0 Å². The predicted molar refractivity (Wildman–Crippen MR) is 141 cm³/mol. The van der Waals surface area contributed by atoms with Gasteiger partial charge in [-0.1, -0.05) is 0 Å². The number of hydrogen-bond acceptors (Lipinski definition) is 10. The van der Waals surface area contributed by atoms with E-state index in [1.54, 1.807) is 83.1 Å². The maximum absolute atomic E-state index is 13.1. The number of amides is 1. The minimum absolute atomic E-state index is 0.391. The molecule has 0 bridgehead atoms. The monoisotopic (exact) mass is 557 g/mol. The Morgan fingerprint density at radius 3 is 1.31 bits per heavy atom. The molecule has 39 heavy (non-hydrogen) atoms. The lowest BCUT2D eigenvalue weighted by atomic mass is 9.92. The zero-order chi connectivity index (χ0) is 30.7. The first-order valence-electron chi connectivity index (χ1n) is 13.1. The Hall–Kier alpha value is -2.69. The van der Waals surface area contributed by atoms with Gasteiger partial charge in [-0.15, -0.1) is 0 Å². The fourth-order valence-corrected chi connectivity index (χ4v) is 3.05. The van der Waals surface area contributed by atoms with Gasteiger partial charge in [0.05, 0.1) is 21.7 Å². The molecule has 0 aliphatic carbocycles. The Labute approximate surface area is 232 Å². The first-order chi connectivity index (χ1) is 17.4. The fraction of sp³-hybridized carbons (Fsp3) is 0.821. The summed E-state index contributed by atoms with van der Waals surface area (Å²) in [5.74, 6) is -3.06. The van der Waals surface area contributed by atoms with Crippen molar-refractivity contribution in [3.63, 3.8) is 0 Å². The molecule has 1 rings (SSSR count). The Bertz CT molecular complexity index is 930. The molecule has 0 aromatic carbocycles. The lowest BCUT2D eigenvalue weighted by Gasteiger charge is -2.46. The summed E-state index contributed by atoms with van der Waals surface area (Å²) >= 11 is 0. The number of carbonyl (C=O) groups is 5. The lowest BCUT2D eigenvalue weighted by molar-refractivity contribution is -0.264. The molecule has 11 nitrogen and oxygen atoms in total. The average Bonchev–Trinajstić information content (AvgIpc) is 2.72. The molecule has 1 saturated heterocycles. The SMILES string of the molecule is CC(=O)NC1OC(COC(=O)C(C)(C)C)C(OC(=O)C(C)(C)C)C(OC(=O)C(C)(C)C)C1OC(=O)C(C)(C)C. The van der Waals surface area contributed by atoms with Crippen LogP contribution in [-0.2, 0) is 47.7 Å². The van der Waals surface area contributed by atoms with Gasteiger partial charge in [0.2, 0.25) is 5.91 Å². The van der Waals surface area contributed by atoms with Crippen molar-refractivity contribution < 1.29 is 47.7 Å². The van der Waals surface area contributed by atoms with Crippen molar-refractivity contribution >= 4 is 29.8 Å². The molecule has 0 aromatic heterocycles. The summed E-state index contributed by atoms with van der Waals surface area (Å²) in [7, 11) is 0. The molecule has 0 aromatic rings. The molecule has 0 radical (unpaired) electrons. The van der Waals surface area contributed by atoms with Crippen LogP contribution in [0.2, 0.25) is 0 Å². The molecular weight excluding hydrogens is 510 g/mol. The van der Waals surface area contributed by atoms with Crippen LogP contribution in [0.25, 0.3) is 0 Å². The van der Waals surface area contributed by atoms with Crippen LogP contribution in [0.15, 0.2) is 0 Å². The largest absolute Gasteiger partial charge is 0.462 e. The highest BCUT2D eigenvalue weighted by molar-refractivity contribution is 5.78. The van der Waals surface area contributed by atoms with Crippen LogP contribution in [-0.4, -0.2) is 67.0 Å². The first kappa shape index (κ1) is 34.3. The van der Waals surface area contributed by atoms with E-state index in [1.807, 2.05) is 0 Å². The van der Waals surface area contributed by atoms with Crippen molar-refractivity contribution in [3.8, 4) is 0 Å². The van der Waals surface area contributed by atoms with Gasteiger partial charge in [0.25, 0.3) is 0 Å². The summed E-state index contributed by atoms with van der Waals surface area (Å²) in [6.45, 7) is 20.6.